The van der Waals surface area contributed by atoms with Crippen molar-refractivity contribution in [1.82, 2.24) is 0 Å². The number of nitrogens with two attached hydrogens (primary N) is 1. The first kappa shape index (κ1) is 14.4. The summed E-state index contributed by atoms with van der Waals surface area (Å²) in [4.78, 5) is 0. The first-order chi connectivity index (χ1) is 9.46. The highest BCUT2D eigenvalue weighted by molar-refractivity contribution is 7.92. The Labute approximate surface area is 119 Å². The van der Waals surface area contributed by atoms with Gasteiger partial charge in [-0.05, 0) is 42.7 Å². The van der Waals surface area contributed by atoms with E-state index >= 15 is 0 Å². The van der Waals surface area contributed by atoms with Crippen LogP contribution >= 0.6 is 0 Å². The van der Waals surface area contributed by atoms with Crippen molar-refractivity contribution in [3.05, 3.63) is 59.7 Å². The summed E-state index contributed by atoms with van der Waals surface area (Å²) in [6, 6.07) is 14.7. The van der Waals surface area contributed by atoms with Gasteiger partial charge in [0.05, 0.1) is 11.4 Å². The average molecular weight is 290 g/mol. The van der Waals surface area contributed by atoms with Crippen LogP contribution in [-0.2, 0) is 16.4 Å². The molecule has 20 heavy (non-hydrogen) atoms. The molecule has 0 spiro atoms. The molecule has 0 aliphatic heterocycles. The lowest BCUT2D eigenvalue weighted by molar-refractivity contribution is 0.600. The summed E-state index contributed by atoms with van der Waals surface area (Å²) in [5, 5.41) is 0. The Hall–Kier alpha value is -2.01. The zero-order valence-electron chi connectivity index (χ0n) is 11.3. The van der Waals surface area contributed by atoms with E-state index < -0.39 is 10.0 Å². The molecule has 0 aromatic heterocycles. The quantitative estimate of drug-likeness (QED) is 0.831. The van der Waals surface area contributed by atoms with Crippen LogP contribution in [0.15, 0.2) is 48.5 Å². The van der Waals surface area contributed by atoms with Gasteiger partial charge < -0.3 is 5.73 Å². The number of benzene rings is 2. The summed E-state index contributed by atoms with van der Waals surface area (Å²) in [5.74, 6) is 0.0564. The highest BCUT2D eigenvalue weighted by Gasteiger charge is 2.12. The molecule has 0 bridgehead atoms. The van der Waals surface area contributed by atoms with E-state index in [1.807, 2.05) is 37.3 Å². The van der Waals surface area contributed by atoms with Crippen LogP contribution in [0.5, 0.6) is 0 Å². The van der Waals surface area contributed by atoms with Crippen molar-refractivity contribution >= 4 is 21.4 Å². The van der Waals surface area contributed by atoms with Crippen LogP contribution < -0.4 is 10.5 Å². The van der Waals surface area contributed by atoms with Gasteiger partial charge >= 0.3 is 0 Å². The molecule has 0 fully saturated rings. The maximum Gasteiger partial charge on any atom is 0.233 e. The third-order valence-corrected chi connectivity index (χ3v) is 4.29. The minimum Gasteiger partial charge on any atom is -0.399 e. The molecule has 2 aromatic carbocycles. The van der Waals surface area contributed by atoms with Crippen LogP contribution in [0, 0.1) is 6.92 Å². The van der Waals surface area contributed by atoms with Gasteiger partial charge in [0, 0.05) is 5.69 Å². The van der Waals surface area contributed by atoms with Crippen molar-refractivity contribution in [2.75, 3.05) is 16.2 Å². The largest absolute Gasteiger partial charge is 0.399 e. The molecule has 106 valence electrons. The molecule has 0 atom stereocenters. The predicted octanol–water partition coefficient (Wildman–Crippen LogP) is 2.56. The summed E-state index contributed by atoms with van der Waals surface area (Å²) in [7, 11) is -3.36. The van der Waals surface area contributed by atoms with Crippen LogP contribution in [0.4, 0.5) is 11.4 Å². The normalized spacial score (nSPS) is 11.2. The lowest BCUT2D eigenvalue weighted by Crippen LogP contribution is -2.18. The number of anilines is 2. The van der Waals surface area contributed by atoms with Crippen LogP contribution in [0.3, 0.4) is 0 Å². The van der Waals surface area contributed by atoms with E-state index in [4.69, 9.17) is 5.73 Å². The topological polar surface area (TPSA) is 72.2 Å². The van der Waals surface area contributed by atoms with E-state index in [1.54, 1.807) is 18.2 Å². The maximum absolute atomic E-state index is 12.1. The van der Waals surface area contributed by atoms with Crippen molar-refractivity contribution in [1.29, 1.82) is 0 Å². The van der Waals surface area contributed by atoms with E-state index in [-0.39, 0.29) is 5.75 Å². The van der Waals surface area contributed by atoms with Gasteiger partial charge in [-0.3, -0.25) is 4.72 Å². The van der Waals surface area contributed by atoms with E-state index in [2.05, 4.69) is 4.72 Å². The molecule has 0 saturated heterocycles. The minimum atomic E-state index is -3.36. The Morgan fingerprint density at radius 1 is 1.10 bits per heavy atom. The Morgan fingerprint density at radius 2 is 1.80 bits per heavy atom. The number of hydrogen-bond acceptors (Lipinski definition) is 3. The summed E-state index contributed by atoms with van der Waals surface area (Å²) >= 11 is 0. The van der Waals surface area contributed by atoms with Crippen LogP contribution in [0.1, 0.15) is 11.1 Å². The Balaban J connectivity index is 2.04. The zero-order valence-corrected chi connectivity index (χ0v) is 12.2. The zero-order chi connectivity index (χ0) is 14.6. The van der Waals surface area contributed by atoms with Crippen LogP contribution in [0.2, 0.25) is 0 Å². The molecule has 0 saturated carbocycles. The van der Waals surface area contributed by atoms with Gasteiger partial charge in [0.2, 0.25) is 10.0 Å². The highest BCUT2D eigenvalue weighted by Crippen LogP contribution is 2.19. The third-order valence-electron chi connectivity index (χ3n) is 3.02. The van der Waals surface area contributed by atoms with Crippen molar-refractivity contribution in [3.8, 4) is 0 Å². The van der Waals surface area contributed by atoms with E-state index in [0.717, 1.165) is 11.1 Å². The molecule has 0 aliphatic carbocycles. The lowest BCUT2D eigenvalue weighted by atomic mass is 10.2. The summed E-state index contributed by atoms with van der Waals surface area (Å²) in [6.45, 7) is 1.82. The van der Waals surface area contributed by atoms with E-state index in [0.29, 0.717) is 17.8 Å². The van der Waals surface area contributed by atoms with Gasteiger partial charge in [0.1, 0.15) is 0 Å². The van der Waals surface area contributed by atoms with Crippen LogP contribution in [-0.4, -0.2) is 14.2 Å². The molecule has 2 rings (SSSR count). The number of rotatable bonds is 5. The Kier molecular flexibility index (Phi) is 4.29. The summed E-state index contributed by atoms with van der Waals surface area (Å²) < 4.78 is 26.7. The number of sulfonamides is 1. The van der Waals surface area contributed by atoms with Crippen molar-refractivity contribution in [2.24, 2.45) is 0 Å². The fraction of sp³-hybridized carbons (Fsp3) is 0.200. The van der Waals surface area contributed by atoms with E-state index in [1.165, 1.54) is 0 Å². The van der Waals surface area contributed by atoms with Crippen molar-refractivity contribution < 1.29 is 8.42 Å². The molecule has 0 heterocycles. The standard InChI is InChI=1S/C15H18N2O2S/c1-12-11-14(16)7-8-15(12)17-20(18,19)10-9-13-5-3-2-4-6-13/h2-8,11,17H,9-10,16H2,1H3. The number of hydrogen-bond donors (Lipinski definition) is 2. The number of nitrogens with one attached hydrogen (secondary N) is 1. The molecule has 2 aromatic rings. The second-order valence-corrected chi connectivity index (χ2v) is 6.57. The van der Waals surface area contributed by atoms with Gasteiger partial charge in [-0.1, -0.05) is 30.3 Å². The molecule has 4 nitrogen and oxygen atoms in total. The number of aryl methyl sites for hydroxylation is 2. The second kappa shape index (κ2) is 5.96. The summed E-state index contributed by atoms with van der Waals surface area (Å²) in [5.41, 5.74) is 8.66. The molecule has 0 aliphatic rings. The lowest BCUT2D eigenvalue weighted by Gasteiger charge is -2.11. The van der Waals surface area contributed by atoms with Gasteiger partial charge in [0.25, 0.3) is 0 Å². The van der Waals surface area contributed by atoms with Gasteiger partial charge in [0.15, 0.2) is 0 Å². The second-order valence-electron chi connectivity index (χ2n) is 4.73. The maximum atomic E-state index is 12.1. The van der Waals surface area contributed by atoms with Crippen molar-refractivity contribution in [3.63, 3.8) is 0 Å². The average Bonchev–Trinajstić information content (AvgIpc) is 2.41. The molecular formula is C15H18N2O2S. The molecule has 0 radical (unpaired) electrons. The molecule has 3 N–H and O–H groups in total. The molecule has 0 unspecified atom stereocenters. The van der Waals surface area contributed by atoms with Gasteiger partial charge in [-0.25, -0.2) is 8.42 Å². The smallest absolute Gasteiger partial charge is 0.233 e. The third kappa shape index (κ3) is 3.99. The Bertz CT molecular complexity index is 682. The molecular weight excluding hydrogens is 272 g/mol. The Morgan fingerprint density at radius 3 is 2.45 bits per heavy atom. The fourth-order valence-electron chi connectivity index (χ4n) is 1.92. The summed E-state index contributed by atoms with van der Waals surface area (Å²) in [6.07, 6.45) is 0.490. The van der Waals surface area contributed by atoms with Gasteiger partial charge in [-0.2, -0.15) is 0 Å². The predicted molar refractivity (Wildman–Crippen MR) is 83.1 cm³/mol. The fourth-order valence-corrected chi connectivity index (χ4v) is 3.09. The highest BCUT2D eigenvalue weighted by atomic mass is 32.2. The number of nitrogen functional groups attached to an aromatic ring is 1. The van der Waals surface area contributed by atoms with Crippen molar-refractivity contribution in [2.45, 2.75) is 13.3 Å². The first-order valence-corrected chi connectivity index (χ1v) is 8.02. The molecule has 5 heteroatoms. The monoisotopic (exact) mass is 290 g/mol. The minimum absolute atomic E-state index is 0.0564. The SMILES string of the molecule is Cc1cc(N)ccc1NS(=O)(=O)CCc1ccccc1. The molecule has 0 amide bonds. The van der Waals surface area contributed by atoms with Gasteiger partial charge in [-0.15, -0.1) is 0 Å². The van der Waals surface area contributed by atoms with Crippen LogP contribution in [0.25, 0.3) is 0 Å². The van der Waals surface area contributed by atoms with E-state index in [9.17, 15) is 8.42 Å². The first-order valence-electron chi connectivity index (χ1n) is 6.37.